The van der Waals surface area contributed by atoms with Crippen molar-refractivity contribution in [2.75, 3.05) is 37.7 Å². The Hall–Kier alpha value is -3.74. The number of unbranched alkanes of at least 4 members (excludes halogenated alkanes) is 2. The maximum atomic E-state index is 15.1. The summed E-state index contributed by atoms with van der Waals surface area (Å²) in [4.78, 5) is 40.7. The van der Waals surface area contributed by atoms with Crippen LogP contribution in [0.4, 0.5) is 8.78 Å². The minimum absolute atomic E-state index is 0.00759. The summed E-state index contributed by atoms with van der Waals surface area (Å²) < 4.78 is 31.5. The van der Waals surface area contributed by atoms with Crippen molar-refractivity contribution < 1.29 is 28.3 Å². The molecule has 272 valence electrons. The SMILES string of the molecule is CC(C)(C)[C@H](c1cc(-c2cc(F)ccc2F)cn1Cc1ccccc1)N(CC1CCNC1)C(=O)CSC[C@H](NC(=O)CCCCCN)C(=O)O. The number of carbonyl (C=O) groups is 3. The first kappa shape index (κ1) is 39.1. The zero-order valence-corrected chi connectivity index (χ0v) is 30.1. The highest BCUT2D eigenvalue weighted by molar-refractivity contribution is 8.00. The molecule has 2 aromatic carbocycles. The number of aromatic nitrogens is 1. The van der Waals surface area contributed by atoms with Crippen molar-refractivity contribution in [2.45, 2.75) is 71.5 Å². The molecule has 5 N–H and O–H groups in total. The van der Waals surface area contributed by atoms with Gasteiger partial charge in [-0.15, -0.1) is 11.8 Å². The summed E-state index contributed by atoms with van der Waals surface area (Å²) in [7, 11) is 0. The van der Waals surface area contributed by atoms with Gasteiger partial charge in [0.2, 0.25) is 11.8 Å². The second-order valence-electron chi connectivity index (χ2n) is 14.1. The van der Waals surface area contributed by atoms with Crippen LogP contribution < -0.4 is 16.4 Å². The van der Waals surface area contributed by atoms with Gasteiger partial charge in [0.25, 0.3) is 0 Å². The van der Waals surface area contributed by atoms with E-state index < -0.39 is 35.1 Å². The maximum Gasteiger partial charge on any atom is 0.327 e. The second kappa shape index (κ2) is 18.5. The van der Waals surface area contributed by atoms with Gasteiger partial charge in [-0.1, -0.05) is 57.5 Å². The van der Waals surface area contributed by atoms with E-state index in [-0.39, 0.29) is 41.2 Å². The van der Waals surface area contributed by atoms with Crippen molar-refractivity contribution in [1.29, 1.82) is 0 Å². The molecule has 4 rings (SSSR count). The molecular formula is C38H51F2N5O4S. The van der Waals surface area contributed by atoms with Crippen molar-refractivity contribution in [2.24, 2.45) is 17.1 Å². The molecule has 12 heteroatoms. The standard InChI is InChI=1S/C38H51F2N5O4S/c1-38(2,3)36(33-18-28(30-19-29(39)13-14-31(30)40)23-44(33)21-26-10-6-4-7-11-26)45(22-27-15-17-42-20-27)35(47)25-50-24-32(37(48)49)43-34(46)12-8-5-9-16-41/h4,6-7,10-11,13-14,18-19,23,27,32,36,42H,5,8-9,12,15-17,20-22,24-25,41H2,1-3H3,(H,43,46)(H,48,49)/t27?,32-,36-/m0/s1. The Labute approximate surface area is 298 Å². The Morgan fingerprint density at radius 3 is 2.52 bits per heavy atom. The molecule has 2 heterocycles. The van der Waals surface area contributed by atoms with Crippen LogP contribution in [0.1, 0.15) is 70.2 Å². The minimum Gasteiger partial charge on any atom is -0.480 e. The quantitative estimate of drug-likeness (QED) is 0.122. The zero-order valence-electron chi connectivity index (χ0n) is 29.3. The minimum atomic E-state index is -1.16. The predicted octanol–water partition coefficient (Wildman–Crippen LogP) is 5.83. The first-order valence-corrected chi connectivity index (χ1v) is 18.5. The van der Waals surface area contributed by atoms with E-state index in [4.69, 9.17) is 5.73 Å². The van der Waals surface area contributed by atoms with Crippen LogP contribution in [-0.2, 0) is 20.9 Å². The number of amides is 2. The first-order valence-electron chi connectivity index (χ1n) is 17.4. The van der Waals surface area contributed by atoms with Gasteiger partial charge in [-0.3, -0.25) is 9.59 Å². The van der Waals surface area contributed by atoms with E-state index in [0.29, 0.717) is 31.6 Å². The third kappa shape index (κ3) is 11.1. The van der Waals surface area contributed by atoms with Crippen LogP contribution in [0.3, 0.4) is 0 Å². The summed E-state index contributed by atoms with van der Waals surface area (Å²) in [6.45, 7) is 9.25. The van der Waals surface area contributed by atoms with Gasteiger partial charge in [-0.2, -0.15) is 0 Å². The van der Waals surface area contributed by atoms with E-state index in [9.17, 15) is 23.9 Å². The fraction of sp³-hybridized carbons (Fsp3) is 0.500. The smallest absolute Gasteiger partial charge is 0.327 e. The van der Waals surface area contributed by atoms with Crippen LogP contribution in [-0.4, -0.2) is 76.1 Å². The van der Waals surface area contributed by atoms with Gasteiger partial charge in [-0.05, 0) is 80.1 Å². The van der Waals surface area contributed by atoms with E-state index in [1.807, 2.05) is 52.1 Å². The van der Waals surface area contributed by atoms with Gasteiger partial charge in [0, 0.05) is 48.3 Å². The molecule has 50 heavy (non-hydrogen) atoms. The number of rotatable bonds is 18. The molecule has 9 nitrogen and oxygen atoms in total. The second-order valence-corrected chi connectivity index (χ2v) is 15.2. The lowest BCUT2D eigenvalue weighted by Crippen LogP contribution is -2.46. The number of thioether (sulfide) groups is 1. The number of aliphatic carboxylic acids is 1. The van der Waals surface area contributed by atoms with Crippen LogP contribution in [0.2, 0.25) is 0 Å². The highest BCUT2D eigenvalue weighted by atomic mass is 32.2. The third-order valence-electron chi connectivity index (χ3n) is 8.97. The molecule has 2 amide bonds. The fourth-order valence-electron chi connectivity index (χ4n) is 6.51. The maximum absolute atomic E-state index is 15.1. The number of hydrogen-bond donors (Lipinski definition) is 4. The largest absolute Gasteiger partial charge is 0.480 e. The molecular weight excluding hydrogens is 661 g/mol. The number of benzene rings is 2. The highest BCUT2D eigenvalue weighted by Crippen LogP contribution is 2.42. The number of nitrogens with two attached hydrogens (primary N) is 1. The van der Waals surface area contributed by atoms with Gasteiger partial charge in [-0.25, -0.2) is 13.6 Å². The van der Waals surface area contributed by atoms with E-state index in [0.717, 1.165) is 55.7 Å². The molecule has 0 spiro atoms. The molecule has 0 saturated carbocycles. The van der Waals surface area contributed by atoms with Crippen molar-refractivity contribution >= 4 is 29.5 Å². The lowest BCUT2D eigenvalue weighted by Gasteiger charge is -2.42. The summed E-state index contributed by atoms with van der Waals surface area (Å²) in [5, 5.41) is 15.8. The Morgan fingerprint density at radius 2 is 1.86 bits per heavy atom. The number of carbonyl (C=O) groups excluding carboxylic acids is 2. The molecule has 0 aliphatic carbocycles. The summed E-state index contributed by atoms with van der Waals surface area (Å²) in [5.41, 5.74) is 7.48. The average Bonchev–Trinajstić information content (AvgIpc) is 3.73. The van der Waals surface area contributed by atoms with Gasteiger partial charge >= 0.3 is 5.97 Å². The number of carboxylic acids is 1. The van der Waals surface area contributed by atoms with E-state index >= 15 is 4.39 Å². The Balaban J connectivity index is 1.65. The summed E-state index contributed by atoms with van der Waals surface area (Å²) in [6, 6.07) is 13.5. The Bertz CT molecular complexity index is 1570. The monoisotopic (exact) mass is 711 g/mol. The molecule has 1 unspecified atom stereocenters. The van der Waals surface area contributed by atoms with Gasteiger partial charge < -0.3 is 30.9 Å². The normalized spacial score (nSPS) is 15.8. The molecule has 1 saturated heterocycles. The fourth-order valence-corrected chi connectivity index (χ4v) is 7.43. The molecule has 1 aliphatic rings. The molecule has 3 atom stereocenters. The Morgan fingerprint density at radius 1 is 1.10 bits per heavy atom. The molecule has 1 fully saturated rings. The third-order valence-corrected chi connectivity index (χ3v) is 9.99. The van der Waals surface area contributed by atoms with E-state index in [2.05, 4.69) is 31.4 Å². The molecule has 0 bridgehead atoms. The lowest BCUT2D eigenvalue weighted by atomic mass is 9.82. The number of nitrogens with zero attached hydrogens (tertiary/aromatic N) is 2. The predicted molar refractivity (Wildman–Crippen MR) is 195 cm³/mol. The summed E-state index contributed by atoms with van der Waals surface area (Å²) in [5.74, 6) is -2.50. The lowest BCUT2D eigenvalue weighted by molar-refractivity contribution is -0.141. The number of hydrogen-bond acceptors (Lipinski definition) is 6. The van der Waals surface area contributed by atoms with Gasteiger partial charge in [0.05, 0.1) is 11.8 Å². The van der Waals surface area contributed by atoms with Crippen molar-refractivity contribution in [3.8, 4) is 11.1 Å². The summed E-state index contributed by atoms with van der Waals surface area (Å²) >= 11 is 1.18. The molecule has 1 aliphatic heterocycles. The van der Waals surface area contributed by atoms with Crippen LogP contribution in [0.5, 0.6) is 0 Å². The number of carboxylic acid groups (broad SMARTS) is 1. The van der Waals surface area contributed by atoms with Crippen LogP contribution in [0, 0.1) is 23.0 Å². The molecule has 3 aromatic rings. The van der Waals surface area contributed by atoms with Gasteiger partial charge in [0.1, 0.15) is 17.7 Å². The van der Waals surface area contributed by atoms with Crippen LogP contribution in [0.15, 0.2) is 60.8 Å². The van der Waals surface area contributed by atoms with E-state index in [1.54, 1.807) is 0 Å². The number of nitrogens with one attached hydrogen (secondary N) is 2. The van der Waals surface area contributed by atoms with E-state index in [1.165, 1.54) is 17.8 Å². The van der Waals surface area contributed by atoms with Crippen LogP contribution in [0.25, 0.3) is 11.1 Å². The zero-order chi connectivity index (χ0) is 36.3. The van der Waals surface area contributed by atoms with Gasteiger partial charge in [0.15, 0.2) is 0 Å². The van der Waals surface area contributed by atoms with Crippen LogP contribution >= 0.6 is 11.8 Å². The molecule has 1 aromatic heterocycles. The molecule has 0 radical (unpaired) electrons. The topological polar surface area (TPSA) is 130 Å². The number of halogens is 2. The average molecular weight is 712 g/mol. The van der Waals surface area contributed by atoms with Crippen molar-refractivity contribution in [3.05, 3.63) is 83.7 Å². The Kier molecular flexibility index (Phi) is 14.4. The van der Waals surface area contributed by atoms with Crippen molar-refractivity contribution in [1.82, 2.24) is 20.1 Å². The van der Waals surface area contributed by atoms with Crippen molar-refractivity contribution in [3.63, 3.8) is 0 Å². The summed E-state index contributed by atoms with van der Waals surface area (Å²) in [6.07, 6.45) is 5.16. The first-order chi connectivity index (χ1) is 23.9. The highest BCUT2D eigenvalue weighted by Gasteiger charge is 2.38.